The van der Waals surface area contributed by atoms with Gasteiger partial charge < -0.3 is 14.7 Å². The van der Waals surface area contributed by atoms with Crippen LogP contribution in [-0.4, -0.2) is 35.7 Å². The molecule has 114 valence electrons. The van der Waals surface area contributed by atoms with Gasteiger partial charge in [0, 0.05) is 17.5 Å². The van der Waals surface area contributed by atoms with Gasteiger partial charge in [-0.2, -0.15) is 0 Å². The summed E-state index contributed by atoms with van der Waals surface area (Å²) in [5.41, 5.74) is 1.45. The molecule has 3 unspecified atom stereocenters. The van der Waals surface area contributed by atoms with Gasteiger partial charge in [0.25, 0.3) is 0 Å². The lowest BCUT2D eigenvalue weighted by atomic mass is 9.58. The van der Waals surface area contributed by atoms with Crippen molar-refractivity contribution >= 4 is 0 Å². The normalized spacial score (nSPS) is 34.7. The highest BCUT2D eigenvalue weighted by Gasteiger charge is 2.57. The van der Waals surface area contributed by atoms with Crippen LogP contribution in [0, 0.1) is 5.92 Å². The SMILES string of the molecule is CCCN1CCC23c4cccc(O)c4OC2CCCC3C1. The lowest BCUT2D eigenvalue weighted by molar-refractivity contribution is -0.00716. The smallest absolute Gasteiger partial charge is 0.165 e. The van der Waals surface area contributed by atoms with Crippen LogP contribution < -0.4 is 4.74 Å². The van der Waals surface area contributed by atoms with Crippen molar-refractivity contribution in [2.24, 2.45) is 5.92 Å². The highest BCUT2D eigenvalue weighted by atomic mass is 16.5. The molecule has 3 aliphatic rings. The average molecular weight is 287 g/mol. The van der Waals surface area contributed by atoms with E-state index in [1.54, 1.807) is 6.07 Å². The van der Waals surface area contributed by atoms with Gasteiger partial charge in [0.05, 0.1) is 0 Å². The lowest BCUT2D eigenvalue weighted by Crippen LogP contribution is -2.56. The van der Waals surface area contributed by atoms with E-state index in [0.29, 0.717) is 11.7 Å². The second-order valence-electron chi connectivity index (χ2n) is 6.98. The first-order chi connectivity index (χ1) is 10.3. The number of nitrogens with zero attached hydrogens (tertiary/aromatic N) is 1. The van der Waals surface area contributed by atoms with Crippen molar-refractivity contribution in [2.75, 3.05) is 19.6 Å². The van der Waals surface area contributed by atoms with Gasteiger partial charge in [-0.25, -0.2) is 0 Å². The molecule has 3 heteroatoms. The molecule has 1 spiro atoms. The number of phenolic OH excluding ortho intramolecular Hbond substituents is 1. The number of phenols is 1. The fraction of sp³-hybridized carbons (Fsp3) is 0.667. The molecule has 21 heavy (non-hydrogen) atoms. The van der Waals surface area contributed by atoms with Gasteiger partial charge >= 0.3 is 0 Å². The van der Waals surface area contributed by atoms with Crippen LogP contribution in [-0.2, 0) is 5.41 Å². The summed E-state index contributed by atoms with van der Waals surface area (Å²) in [7, 11) is 0. The van der Waals surface area contributed by atoms with Crippen molar-refractivity contribution in [2.45, 2.75) is 50.5 Å². The number of piperidine rings is 1. The van der Waals surface area contributed by atoms with Gasteiger partial charge in [-0.15, -0.1) is 0 Å². The molecule has 1 saturated heterocycles. The van der Waals surface area contributed by atoms with Gasteiger partial charge in [-0.1, -0.05) is 19.1 Å². The Kier molecular flexibility index (Phi) is 3.14. The lowest BCUT2D eigenvalue weighted by Gasteiger charge is -2.51. The monoisotopic (exact) mass is 287 g/mol. The minimum absolute atomic E-state index is 0.163. The number of aromatic hydroxyl groups is 1. The molecule has 1 aliphatic carbocycles. The minimum Gasteiger partial charge on any atom is -0.504 e. The van der Waals surface area contributed by atoms with Crippen molar-refractivity contribution in [3.63, 3.8) is 0 Å². The number of hydrogen-bond acceptors (Lipinski definition) is 3. The van der Waals surface area contributed by atoms with Crippen molar-refractivity contribution in [3.8, 4) is 11.5 Å². The Labute approximate surface area is 126 Å². The molecule has 0 aromatic heterocycles. The summed E-state index contributed by atoms with van der Waals surface area (Å²) in [6.07, 6.45) is 6.39. The molecule has 2 heterocycles. The Hall–Kier alpha value is -1.22. The van der Waals surface area contributed by atoms with Crippen LogP contribution in [0.2, 0.25) is 0 Å². The maximum absolute atomic E-state index is 10.2. The van der Waals surface area contributed by atoms with Crippen LogP contribution in [0.5, 0.6) is 11.5 Å². The number of fused-ring (bicyclic) bond motifs is 1. The van der Waals surface area contributed by atoms with Gasteiger partial charge in [0.2, 0.25) is 0 Å². The van der Waals surface area contributed by atoms with Crippen LogP contribution in [0.15, 0.2) is 18.2 Å². The number of ether oxygens (including phenoxy) is 1. The van der Waals surface area contributed by atoms with Crippen LogP contribution >= 0.6 is 0 Å². The molecular formula is C18H25NO2. The van der Waals surface area contributed by atoms with Crippen LogP contribution in [0.4, 0.5) is 0 Å². The topological polar surface area (TPSA) is 32.7 Å². The summed E-state index contributed by atoms with van der Waals surface area (Å²) in [5.74, 6) is 1.78. The quantitative estimate of drug-likeness (QED) is 0.906. The number of hydrogen-bond donors (Lipinski definition) is 1. The van der Waals surface area contributed by atoms with E-state index in [-0.39, 0.29) is 11.5 Å². The van der Waals surface area contributed by atoms with E-state index in [2.05, 4.69) is 17.9 Å². The first kappa shape index (κ1) is 13.4. The second kappa shape index (κ2) is 4.91. The molecule has 2 aliphatic heterocycles. The van der Waals surface area contributed by atoms with E-state index in [1.165, 1.54) is 50.9 Å². The molecule has 0 bridgehead atoms. The highest BCUT2D eigenvalue weighted by molar-refractivity contribution is 5.54. The third-order valence-corrected chi connectivity index (χ3v) is 5.94. The summed E-state index contributed by atoms with van der Waals surface area (Å²) < 4.78 is 6.23. The average Bonchev–Trinajstić information content (AvgIpc) is 2.82. The molecule has 0 radical (unpaired) electrons. The van der Waals surface area contributed by atoms with E-state index in [0.717, 1.165) is 12.2 Å². The zero-order valence-electron chi connectivity index (χ0n) is 12.8. The van der Waals surface area contributed by atoms with Crippen molar-refractivity contribution < 1.29 is 9.84 Å². The molecule has 4 rings (SSSR count). The molecule has 3 atom stereocenters. The summed E-state index contributed by atoms with van der Waals surface area (Å²) in [4.78, 5) is 2.62. The summed E-state index contributed by atoms with van der Waals surface area (Å²) in [6, 6.07) is 5.94. The molecule has 1 aromatic carbocycles. The molecule has 1 saturated carbocycles. The van der Waals surface area contributed by atoms with E-state index in [9.17, 15) is 5.11 Å². The molecular weight excluding hydrogens is 262 g/mol. The molecule has 3 nitrogen and oxygen atoms in total. The predicted molar refractivity (Wildman–Crippen MR) is 82.9 cm³/mol. The summed E-state index contributed by atoms with van der Waals surface area (Å²) >= 11 is 0. The van der Waals surface area contributed by atoms with Gasteiger partial charge in [0.15, 0.2) is 11.5 Å². The fourth-order valence-electron chi connectivity index (χ4n) is 5.06. The molecule has 1 aromatic rings. The van der Waals surface area contributed by atoms with Gasteiger partial charge in [-0.05, 0) is 57.2 Å². The molecule has 2 fully saturated rings. The van der Waals surface area contributed by atoms with Crippen LogP contribution in [0.3, 0.4) is 0 Å². The highest BCUT2D eigenvalue weighted by Crippen LogP contribution is 2.58. The minimum atomic E-state index is 0.163. The zero-order valence-corrected chi connectivity index (χ0v) is 12.8. The first-order valence-electron chi connectivity index (χ1n) is 8.47. The molecule has 1 N–H and O–H groups in total. The Bertz CT molecular complexity index is 544. The summed E-state index contributed by atoms with van der Waals surface area (Å²) in [5, 5.41) is 10.2. The predicted octanol–water partition coefficient (Wildman–Crippen LogP) is 3.31. The van der Waals surface area contributed by atoms with E-state index < -0.39 is 0 Å². The Morgan fingerprint density at radius 2 is 2.29 bits per heavy atom. The summed E-state index contributed by atoms with van der Waals surface area (Å²) in [6.45, 7) is 5.84. The standard InChI is InChI=1S/C18H25NO2/c1-2-10-19-11-9-18-13(12-19)5-3-8-16(18)21-17-14(18)6-4-7-15(17)20/h4,6-7,13,16,20H,2-3,5,8-12H2,1H3. The van der Waals surface area contributed by atoms with Gasteiger partial charge in [-0.3, -0.25) is 0 Å². The number of rotatable bonds is 2. The third kappa shape index (κ3) is 1.83. The molecule has 0 amide bonds. The fourth-order valence-corrected chi connectivity index (χ4v) is 5.06. The third-order valence-electron chi connectivity index (χ3n) is 5.94. The Balaban J connectivity index is 1.74. The van der Waals surface area contributed by atoms with Crippen molar-refractivity contribution in [1.29, 1.82) is 0 Å². The largest absolute Gasteiger partial charge is 0.504 e. The zero-order chi connectivity index (χ0) is 14.4. The van der Waals surface area contributed by atoms with Gasteiger partial charge in [0.1, 0.15) is 6.10 Å². The van der Waals surface area contributed by atoms with Crippen molar-refractivity contribution in [3.05, 3.63) is 23.8 Å². The number of benzene rings is 1. The maximum Gasteiger partial charge on any atom is 0.165 e. The van der Waals surface area contributed by atoms with Crippen molar-refractivity contribution in [1.82, 2.24) is 4.90 Å². The maximum atomic E-state index is 10.2. The van der Waals surface area contributed by atoms with E-state index in [4.69, 9.17) is 4.74 Å². The Morgan fingerprint density at radius 3 is 3.14 bits per heavy atom. The first-order valence-corrected chi connectivity index (χ1v) is 8.47. The number of likely N-dealkylation sites (tertiary alicyclic amines) is 1. The Morgan fingerprint density at radius 1 is 1.38 bits per heavy atom. The second-order valence-corrected chi connectivity index (χ2v) is 6.98. The van der Waals surface area contributed by atoms with E-state index >= 15 is 0 Å². The van der Waals surface area contributed by atoms with Crippen LogP contribution in [0.25, 0.3) is 0 Å². The number of para-hydroxylation sites is 1. The van der Waals surface area contributed by atoms with Crippen LogP contribution in [0.1, 0.15) is 44.6 Å². The van der Waals surface area contributed by atoms with E-state index in [1.807, 2.05) is 6.07 Å².